The molecule has 1 saturated heterocycles. The first-order valence-electron chi connectivity index (χ1n) is 6.74. The number of amides is 1. The van der Waals surface area contributed by atoms with Gasteiger partial charge in [-0.05, 0) is 44.4 Å². The largest absolute Gasteiger partial charge is 0.480 e. The number of carbonyl (C=O) groups is 2. The Morgan fingerprint density at radius 3 is 2.44 bits per heavy atom. The van der Waals surface area contributed by atoms with E-state index in [1.54, 1.807) is 0 Å². The van der Waals surface area contributed by atoms with Crippen molar-refractivity contribution in [3.05, 3.63) is 0 Å². The molecule has 0 radical (unpaired) electrons. The second-order valence-corrected chi connectivity index (χ2v) is 5.38. The molecule has 1 aliphatic heterocycles. The molecule has 0 spiro atoms. The third kappa shape index (κ3) is 3.02. The van der Waals surface area contributed by atoms with Gasteiger partial charge in [-0.3, -0.25) is 4.79 Å². The van der Waals surface area contributed by atoms with E-state index in [-0.39, 0.29) is 5.91 Å². The molecular weight excluding hydrogens is 234 g/mol. The molecule has 5 heteroatoms. The van der Waals surface area contributed by atoms with E-state index in [1.165, 1.54) is 0 Å². The highest BCUT2D eigenvalue weighted by Crippen LogP contribution is 2.32. The average Bonchev–Trinajstić information content (AvgIpc) is 2.32. The lowest BCUT2D eigenvalue weighted by Gasteiger charge is -2.38. The molecule has 1 amide bonds. The molecule has 2 aliphatic rings. The summed E-state index contributed by atoms with van der Waals surface area (Å²) in [4.78, 5) is 22.9. The summed E-state index contributed by atoms with van der Waals surface area (Å²) < 4.78 is 5.27. The second kappa shape index (κ2) is 5.69. The normalized spacial score (nSPS) is 23.1. The highest BCUT2D eigenvalue weighted by atomic mass is 16.5. The molecule has 18 heavy (non-hydrogen) atoms. The number of nitrogens with one attached hydrogen (secondary N) is 1. The third-order valence-electron chi connectivity index (χ3n) is 4.12. The zero-order chi connectivity index (χ0) is 13.0. The van der Waals surface area contributed by atoms with Crippen LogP contribution in [0.15, 0.2) is 0 Å². The SMILES string of the molecule is O=C(CCC1CCOCC1)NC1(C(=O)O)CCC1. The minimum Gasteiger partial charge on any atom is -0.480 e. The van der Waals surface area contributed by atoms with Gasteiger partial charge in [0.25, 0.3) is 0 Å². The molecule has 0 aromatic rings. The lowest BCUT2D eigenvalue weighted by molar-refractivity contribution is -0.151. The van der Waals surface area contributed by atoms with E-state index in [0.717, 1.165) is 38.9 Å². The van der Waals surface area contributed by atoms with Gasteiger partial charge in [0, 0.05) is 19.6 Å². The van der Waals surface area contributed by atoms with Crippen molar-refractivity contribution >= 4 is 11.9 Å². The van der Waals surface area contributed by atoms with Gasteiger partial charge < -0.3 is 15.2 Å². The van der Waals surface area contributed by atoms with Gasteiger partial charge in [0.2, 0.25) is 5.91 Å². The summed E-state index contributed by atoms with van der Waals surface area (Å²) in [5.74, 6) is -0.469. The first-order valence-corrected chi connectivity index (χ1v) is 6.74. The molecule has 0 atom stereocenters. The maximum atomic E-state index is 11.8. The fraction of sp³-hybridized carbons (Fsp3) is 0.846. The van der Waals surface area contributed by atoms with Crippen LogP contribution in [-0.2, 0) is 14.3 Å². The van der Waals surface area contributed by atoms with Gasteiger partial charge in [0.1, 0.15) is 5.54 Å². The second-order valence-electron chi connectivity index (χ2n) is 5.38. The Morgan fingerprint density at radius 1 is 1.28 bits per heavy atom. The van der Waals surface area contributed by atoms with Gasteiger partial charge in [-0.15, -0.1) is 0 Å². The first kappa shape index (κ1) is 13.3. The number of rotatable bonds is 5. The van der Waals surface area contributed by atoms with Crippen molar-refractivity contribution in [1.29, 1.82) is 0 Å². The van der Waals surface area contributed by atoms with E-state index in [2.05, 4.69) is 5.32 Å². The Bertz CT molecular complexity index is 319. The highest BCUT2D eigenvalue weighted by Gasteiger charge is 2.45. The van der Waals surface area contributed by atoms with Crippen LogP contribution in [0.25, 0.3) is 0 Å². The van der Waals surface area contributed by atoms with Gasteiger partial charge in [0.05, 0.1) is 0 Å². The minimum atomic E-state index is -0.966. The maximum Gasteiger partial charge on any atom is 0.329 e. The summed E-state index contributed by atoms with van der Waals surface area (Å²) in [6.45, 7) is 1.57. The number of carbonyl (C=O) groups excluding carboxylic acids is 1. The molecule has 1 saturated carbocycles. The van der Waals surface area contributed by atoms with Gasteiger partial charge >= 0.3 is 5.97 Å². The van der Waals surface area contributed by atoms with E-state index in [9.17, 15) is 9.59 Å². The van der Waals surface area contributed by atoms with Crippen LogP contribution in [0.2, 0.25) is 0 Å². The Balaban J connectivity index is 1.73. The lowest BCUT2D eigenvalue weighted by Crippen LogP contribution is -2.59. The first-order chi connectivity index (χ1) is 8.62. The molecular formula is C13H21NO4. The highest BCUT2D eigenvalue weighted by molar-refractivity contribution is 5.87. The number of hydrogen-bond acceptors (Lipinski definition) is 3. The molecule has 2 N–H and O–H groups in total. The Morgan fingerprint density at radius 2 is 1.94 bits per heavy atom. The van der Waals surface area contributed by atoms with Crippen molar-refractivity contribution in [2.75, 3.05) is 13.2 Å². The smallest absolute Gasteiger partial charge is 0.329 e. The summed E-state index contributed by atoms with van der Waals surface area (Å²) >= 11 is 0. The molecule has 2 rings (SSSR count). The lowest BCUT2D eigenvalue weighted by atomic mass is 9.76. The molecule has 5 nitrogen and oxygen atoms in total. The van der Waals surface area contributed by atoms with Gasteiger partial charge in [-0.1, -0.05) is 0 Å². The predicted molar refractivity (Wildman–Crippen MR) is 65.1 cm³/mol. The molecule has 102 valence electrons. The molecule has 0 aromatic carbocycles. The number of ether oxygens (including phenoxy) is 1. The molecule has 1 aliphatic carbocycles. The van der Waals surface area contributed by atoms with Crippen LogP contribution in [-0.4, -0.2) is 35.7 Å². The molecule has 0 unspecified atom stereocenters. The molecule has 1 heterocycles. The van der Waals surface area contributed by atoms with Crippen molar-refractivity contribution in [1.82, 2.24) is 5.32 Å². The molecule has 0 bridgehead atoms. The van der Waals surface area contributed by atoms with Crippen LogP contribution in [0.4, 0.5) is 0 Å². The zero-order valence-corrected chi connectivity index (χ0v) is 10.6. The van der Waals surface area contributed by atoms with Gasteiger partial charge in [-0.2, -0.15) is 0 Å². The van der Waals surface area contributed by atoms with Gasteiger partial charge in [0.15, 0.2) is 0 Å². The molecule has 0 aromatic heterocycles. The van der Waals surface area contributed by atoms with Crippen molar-refractivity contribution in [3.8, 4) is 0 Å². The van der Waals surface area contributed by atoms with Gasteiger partial charge in [-0.25, -0.2) is 4.79 Å². The standard InChI is InChI=1S/C13H21NO4/c15-11(3-2-10-4-8-18-9-5-10)14-13(12(16)17)6-1-7-13/h10H,1-9H2,(H,14,15)(H,16,17). The average molecular weight is 255 g/mol. The van der Waals surface area contributed by atoms with Crippen LogP contribution in [0.1, 0.15) is 44.9 Å². The Kier molecular flexibility index (Phi) is 4.22. The Labute approximate surface area is 107 Å². The van der Waals surface area contributed by atoms with Crippen molar-refractivity contribution < 1.29 is 19.4 Å². The topological polar surface area (TPSA) is 75.6 Å². The van der Waals surface area contributed by atoms with Crippen molar-refractivity contribution in [3.63, 3.8) is 0 Å². The van der Waals surface area contributed by atoms with E-state index >= 15 is 0 Å². The Hall–Kier alpha value is -1.10. The number of carboxylic acid groups (broad SMARTS) is 1. The summed E-state index contributed by atoms with van der Waals surface area (Å²) in [5, 5.41) is 11.8. The minimum absolute atomic E-state index is 0.122. The van der Waals surface area contributed by atoms with Crippen LogP contribution >= 0.6 is 0 Å². The summed E-state index contributed by atoms with van der Waals surface area (Å²) in [7, 11) is 0. The van der Waals surface area contributed by atoms with Crippen LogP contribution in [0.3, 0.4) is 0 Å². The summed E-state index contributed by atoms with van der Waals surface area (Å²) in [6.07, 6.45) is 5.29. The number of carboxylic acids is 1. The fourth-order valence-electron chi connectivity index (χ4n) is 2.62. The van der Waals surface area contributed by atoms with E-state index in [0.29, 0.717) is 25.2 Å². The number of hydrogen-bond donors (Lipinski definition) is 2. The zero-order valence-electron chi connectivity index (χ0n) is 10.6. The van der Waals surface area contributed by atoms with Crippen molar-refractivity contribution in [2.24, 2.45) is 5.92 Å². The summed E-state index contributed by atoms with van der Waals surface area (Å²) in [5.41, 5.74) is -0.966. The van der Waals surface area contributed by atoms with Crippen molar-refractivity contribution in [2.45, 2.75) is 50.5 Å². The monoisotopic (exact) mass is 255 g/mol. The quantitative estimate of drug-likeness (QED) is 0.776. The fourth-order valence-corrected chi connectivity index (χ4v) is 2.62. The van der Waals surface area contributed by atoms with E-state index in [4.69, 9.17) is 9.84 Å². The molecule has 2 fully saturated rings. The van der Waals surface area contributed by atoms with Crippen LogP contribution in [0.5, 0.6) is 0 Å². The van der Waals surface area contributed by atoms with E-state index in [1.807, 2.05) is 0 Å². The summed E-state index contributed by atoms with van der Waals surface area (Å²) in [6, 6.07) is 0. The van der Waals surface area contributed by atoms with Crippen LogP contribution < -0.4 is 5.32 Å². The third-order valence-corrected chi connectivity index (χ3v) is 4.12. The maximum absolute atomic E-state index is 11.8. The van der Waals surface area contributed by atoms with Crippen LogP contribution in [0, 0.1) is 5.92 Å². The number of aliphatic carboxylic acids is 1. The predicted octanol–water partition coefficient (Wildman–Crippen LogP) is 1.32. The van der Waals surface area contributed by atoms with E-state index < -0.39 is 11.5 Å².